The van der Waals surface area contributed by atoms with Crippen LogP contribution in [0.4, 0.5) is 4.39 Å². The van der Waals surface area contributed by atoms with E-state index < -0.39 is 5.82 Å². The number of ether oxygens (including phenoxy) is 1. The van der Waals surface area contributed by atoms with Crippen molar-refractivity contribution in [2.24, 2.45) is 0 Å². The van der Waals surface area contributed by atoms with Crippen molar-refractivity contribution in [3.63, 3.8) is 0 Å². The number of para-hydroxylation sites is 1. The molecular weight excluding hydrogens is 349 g/mol. The molecule has 1 heterocycles. The number of nitrogens with zero attached hydrogens (tertiary/aromatic N) is 3. The van der Waals surface area contributed by atoms with E-state index in [9.17, 15) is 4.39 Å². The maximum absolute atomic E-state index is 13.7. The molecule has 0 bridgehead atoms. The Labute approximate surface area is 156 Å². The lowest BCUT2D eigenvalue weighted by Gasteiger charge is -2.13. The van der Waals surface area contributed by atoms with Crippen LogP contribution in [0.15, 0.2) is 72.4 Å². The van der Waals surface area contributed by atoms with E-state index in [1.165, 1.54) is 11.6 Å². The molecule has 0 amide bonds. The second-order valence-electron chi connectivity index (χ2n) is 5.69. The van der Waals surface area contributed by atoms with Gasteiger partial charge in [-0.3, -0.25) is 4.57 Å². The van der Waals surface area contributed by atoms with Gasteiger partial charge in [0, 0.05) is 11.8 Å². The van der Waals surface area contributed by atoms with Crippen molar-refractivity contribution in [3.05, 3.63) is 84.5 Å². The maximum Gasteiger partial charge on any atom is 0.192 e. The minimum absolute atomic E-state index is 0.141. The standard InChI is InChI=1S/C20H20FN3OS/c1-3-13-24-19(14-25-18-12-8-7-11-17(18)21)22-23-20(24)26-15(2)16-9-5-4-6-10-16/h3-12,15H,1,13-14H2,2H3. The van der Waals surface area contributed by atoms with Crippen LogP contribution in [0.25, 0.3) is 0 Å². The Bertz CT molecular complexity index is 867. The maximum atomic E-state index is 13.7. The minimum atomic E-state index is -0.394. The molecule has 1 atom stereocenters. The van der Waals surface area contributed by atoms with E-state index in [2.05, 4.69) is 35.8 Å². The monoisotopic (exact) mass is 369 g/mol. The molecule has 0 aliphatic rings. The van der Waals surface area contributed by atoms with Gasteiger partial charge >= 0.3 is 0 Å². The Kier molecular flexibility index (Phi) is 6.07. The van der Waals surface area contributed by atoms with Crippen LogP contribution < -0.4 is 4.74 Å². The largest absolute Gasteiger partial charge is 0.483 e. The van der Waals surface area contributed by atoms with E-state index in [1.54, 1.807) is 36.0 Å². The number of rotatable bonds is 8. The second-order valence-corrected chi connectivity index (χ2v) is 7.00. The predicted octanol–water partition coefficient (Wildman–Crippen LogP) is 5.04. The van der Waals surface area contributed by atoms with Gasteiger partial charge in [0.2, 0.25) is 0 Å². The Morgan fingerprint density at radius 1 is 1.15 bits per heavy atom. The molecule has 0 fully saturated rings. The summed E-state index contributed by atoms with van der Waals surface area (Å²) in [5.74, 6) is 0.443. The van der Waals surface area contributed by atoms with Crippen molar-refractivity contribution >= 4 is 11.8 Å². The Balaban J connectivity index is 1.75. The predicted molar refractivity (Wildman–Crippen MR) is 102 cm³/mol. The summed E-state index contributed by atoms with van der Waals surface area (Å²) in [5.41, 5.74) is 1.22. The van der Waals surface area contributed by atoms with Gasteiger partial charge < -0.3 is 4.74 Å². The smallest absolute Gasteiger partial charge is 0.192 e. The van der Waals surface area contributed by atoms with E-state index in [0.717, 1.165) is 5.16 Å². The molecule has 6 heteroatoms. The van der Waals surface area contributed by atoms with Crippen LogP contribution in [-0.2, 0) is 13.2 Å². The number of benzene rings is 2. The summed E-state index contributed by atoms with van der Waals surface area (Å²) in [4.78, 5) is 0. The van der Waals surface area contributed by atoms with Gasteiger partial charge in [-0.1, -0.05) is 60.3 Å². The number of hydrogen-bond donors (Lipinski definition) is 0. The van der Waals surface area contributed by atoms with Crippen LogP contribution in [0.2, 0.25) is 0 Å². The number of thioether (sulfide) groups is 1. The molecule has 134 valence electrons. The molecular formula is C20H20FN3OS. The summed E-state index contributed by atoms with van der Waals surface area (Å²) >= 11 is 1.62. The third-order valence-electron chi connectivity index (χ3n) is 3.85. The van der Waals surface area contributed by atoms with Gasteiger partial charge in [-0.05, 0) is 24.6 Å². The lowest BCUT2D eigenvalue weighted by Crippen LogP contribution is -2.08. The van der Waals surface area contributed by atoms with Gasteiger partial charge in [0.1, 0.15) is 6.61 Å². The van der Waals surface area contributed by atoms with Gasteiger partial charge in [-0.25, -0.2) is 4.39 Å². The third-order valence-corrected chi connectivity index (χ3v) is 4.99. The van der Waals surface area contributed by atoms with Crippen molar-refractivity contribution in [1.82, 2.24) is 14.8 Å². The fourth-order valence-electron chi connectivity index (χ4n) is 2.48. The zero-order valence-corrected chi connectivity index (χ0v) is 15.3. The summed E-state index contributed by atoms with van der Waals surface area (Å²) < 4.78 is 21.2. The highest BCUT2D eigenvalue weighted by atomic mass is 32.2. The average molecular weight is 369 g/mol. The highest BCUT2D eigenvalue weighted by Crippen LogP contribution is 2.34. The first-order valence-corrected chi connectivity index (χ1v) is 9.19. The Hall–Kier alpha value is -2.60. The SMILES string of the molecule is C=CCn1c(COc2ccccc2F)nnc1SC(C)c1ccccc1. The number of halogens is 1. The molecule has 0 saturated carbocycles. The Morgan fingerprint density at radius 2 is 1.88 bits per heavy atom. The molecule has 0 N–H and O–H groups in total. The number of allylic oxidation sites excluding steroid dienone is 1. The van der Waals surface area contributed by atoms with Gasteiger partial charge in [0.25, 0.3) is 0 Å². The van der Waals surface area contributed by atoms with Gasteiger partial charge in [0.05, 0.1) is 0 Å². The molecule has 1 aromatic heterocycles. The van der Waals surface area contributed by atoms with Gasteiger partial charge in [-0.15, -0.1) is 16.8 Å². The third kappa shape index (κ3) is 4.32. The lowest BCUT2D eigenvalue weighted by atomic mass is 10.2. The molecule has 4 nitrogen and oxygen atoms in total. The molecule has 0 aliphatic heterocycles. The zero-order valence-electron chi connectivity index (χ0n) is 14.5. The molecule has 3 rings (SSSR count). The van der Waals surface area contributed by atoms with Crippen LogP contribution in [0, 0.1) is 5.82 Å². The summed E-state index contributed by atoms with van der Waals surface area (Å²) in [7, 11) is 0. The normalized spacial score (nSPS) is 11.9. The molecule has 26 heavy (non-hydrogen) atoms. The van der Waals surface area contributed by atoms with Crippen molar-refractivity contribution in [2.45, 2.75) is 30.5 Å². The first-order valence-electron chi connectivity index (χ1n) is 8.31. The fourth-order valence-corrected chi connectivity index (χ4v) is 3.48. The topological polar surface area (TPSA) is 39.9 Å². The molecule has 3 aromatic rings. The van der Waals surface area contributed by atoms with Crippen molar-refractivity contribution in [3.8, 4) is 5.75 Å². The highest BCUT2D eigenvalue weighted by molar-refractivity contribution is 7.99. The zero-order chi connectivity index (χ0) is 18.4. The lowest BCUT2D eigenvalue weighted by molar-refractivity contribution is 0.275. The molecule has 2 aromatic carbocycles. The summed E-state index contributed by atoms with van der Waals surface area (Å²) in [6.07, 6.45) is 1.78. The Morgan fingerprint density at radius 3 is 2.62 bits per heavy atom. The van der Waals surface area contributed by atoms with Crippen molar-refractivity contribution in [2.75, 3.05) is 0 Å². The quantitative estimate of drug-likeness (QED) is 0.412. The molecule has 0 saturated heterocycles. The highest BCUT2D eigenvalue weighted by Gasteiger charge is 2.16. The molecule has 0 aliphatic carbocycles. The average Bonchev–Trinajstić information content (AvgIpc) is 3.04. The van der Waals surface area contributed by atoms with Crippen LogP contribution in [0.3, 0.4) is 0 Å². The van der Waals surface area contributed by atoms with Crippen molar-refractivity contribution in [1.29, 1.82) is 0 Å². The van der Waals surface area contributed by atoms with E-state index >= 15 is 0 Å². The van der Waals surface area contributed by atoms with Gasteiger partial charge in [-0.2, -0.15) is 0 Å². The van der Waals surface area contributed by atoms with Crippen molar-refractivity contribution < 1.29 is 9.13 Å². The van der Waals surface area contributed by atoms with Crippen LogP contribution >= 0.6 is 11.8 Å². The van der Waals surface area contributed by atoms with E-state index in [1.807, 2.05) is 22.8 Å². The fraction of sp³-hybridized carbons (Fsp3) is 0.200. The van der Waals surface area contributed by atoms with Crippen LogP contribution in [0.1, 0.15) is 23.6 Å². The summed E-state index contributed by atoms with van der Waals surface area (Å²) in [6.45, 7) is 6.63. The summed E-state index contributed by atoms with van der Waals surface area (Å²) in [6, 6.07) is 16.5. The number of aromatic nitrogens is 3. The first-order chi connectivity index (χ1) is 12.7. The number of hydrogen-bond acceptors (Lipinski definition) is 4. The van der Waals surface area contributed by atoms with Crippen LogP contribution in [-0.4, -0.2) is 14.8 Å². The van der Waals surface area contributed by atoms with E-state index in [0.29, 0.717) is 12.4 Å². The van der Waals surface area contributed by atoms with E-state index in [-0.39, 0.29) is 17.6 Å². The first kappa shape index (κ1) is 18.2. The molecule has 0 radical (unpaired) electrons. The second kappa shape index (κ2) is 8.67. The van der Waals surface area contributed by atoms with Gasteiger partial charge in [0.15, 0.2) is 22.5 Å². The minimum Gasteiger partial charge on any atom is -0.483 e. The molecule has 0 spiro atoms. The van der Waals surface area contributed by atoms with Crippen LogP contribution in [0.5, 0.6) is 5.75 Å². The molecule has 1 unspecified atom stereocenters. The summed E-state index contributed by atoms with van der Waals surface area (Å²) in [5, 5.41) is 9.52. The van der Waals surface area contributed by atoms with E-state index in [4.69, 9.17) is 4.74 Å².